The van der Waals surface area contributed by atoms with Gasteiger partial charge in [-0.3, -0.25) is 9.80 Å². The SMILES string of the molecule is CCCC(CN)N1CCN(CC(F)F)CC1. The molecule has 0 spiro atoms. The third kappa shape index (κ3) is 4.31. The topological polar surface area (TPSA) is 32.5 Å². The van der Waals surface area contributed by atoms with Crippen LogP contribution in [0.25, 0.3) is 0 Å². The Bertz CT molecular complexity index is 182. The fourth-order valence-electron chi connectivity index (χ4n) is 2.29. The van der Waals surface area contributed by atoms with Crippen LogP contribution in [0.1, 0.15) is 19.8 Å². The minimum absolute atomic E-state index is 0.0884. The zero-order chi connectivity index (χ0) is 12.0. The van der Waals surface area contributed by atoms with Gasteiger partial charge in [-0.15, -0.1) is 0 Å². The Balaban J connectivity index is 2.29. The van der Waals surface area contributed by atoms with Crippen LogP contribution >= 0.6 is 0 Å². The van der Waals surface area contributed by atoms with Gasteiger partial charge in [-0.2, -0.15) is 0 Å². The van der Waals surface area contributed by atoms with Crippen LogP contribution in [0.2, 0.25) is 0 Å². The van der Waals surface area contributed by atoms with Gasteiger partial charge in [0.1, 0.15) is 0 Å². The Kier molecular flexibility index (Phi) is 6.16. The molecular weight excluding hydrogens is 212 g/mol. The summed E-state index contributed by atoms with van der Waals surface area (Å²) in [6.07, 6.45) is 0.0114. The van der Waals surface area contributed by atoms with E-state index in [0.29, 0.717) is 12.6 Å². The number of hydrogen-bond acceptors (Lipinski definition) is 3. The molecule has 3 nitrogen and oxygen atoms in total. The second-order valence-electron chi connectivity index (χ2n) is 4.41. The van der Waals surface area contributed by atoms with Crippen molar-refractivity contribution in [1.29, 1.82) is 0 Å². The van der Waals surface area contributed by atoms with Crippen LogP contribution in [0.4, 0.5) is 8.78 Å². The van der Waals surface area contributed by atoms with Gasteiger partial charge in [-0.1, -0.05) is 13.3 Å². The first kappa shape index (κ1) is 13.8. The van der Waals surface area contributed by atoms with E-state index in [4.69, 9.17) is 5.73 Å². The Hall–Kier alpha value is -0.260. The molecule has 0 aromatic heterocycles. The lowest BCUT2D eigenvalue weighted by molar-refractivity contribution is 0.0430. The number of rotatable bonds is 6. The largest absolute Gasteiger partial charge is 0.329 e. The molecule has 16 heavy (non-hydrogen) atoms. The van der Waals surface area contributed by atoms with Crippen LogP contribution in [0.5, 0.6) is 0 Å². The third-order valence-electron chi connectivity index (χ3n) is 3.21. The Labute approximate surface area is 96.6 Å². The highest BCUT2D eigenvalue weighted by atomic mass is 19.3. The second kappa shape index (κ2) is 7.14. The van der Waals surface area contributed by atoms with E-state index in [1.54, 1.807) is 0 Å². The fraction of sp³-hybridized carbons (Fsp3) is 1.00. The predicted octanol–water partition coefficient (Wildman–Crippen LogP) is 0.996. The van der Waals surface area contributed by atoms with Gasteiger partial charge in [0.05, 0.1) is 6.54 Å². The number of nitrogens with zero attached hydrogens (tertiary/aromatic N) is 2. The lowest BCUT2D eigenvalue weighted by atomic mass is 10.1. The minimum atomic E-state index is -2.22. The van der Waals surface area contributed by atoms with E-state index in [9.17, 15) is 8.78 Å². The van der Waals surface area contributed by atoms with E-state index in [0.717, 1.165) is 39.0 Å². The van der Waals surface area contributed by atoms with Gasteiger partial charge in [0.15, 0.2) is 0 Å². The van der Waals surface area contributed by atoms with Crippen molar-refractivity contribution in [1.82, 2.24) is 9.80 Å². The Morgan fingerprint density at radius 2 is 1.81 bits per heavy atom. The van der Waals surface area contributed by atoms with Crippen molar-refractivity contribution in [2.75, 3.05) is 39.3 Å². The van der Waals surface area contributed by atoms with Crippen LogP contribution < -0.4 is 5.73 Å². The molecule has 1 fully saturated rings. The summed E-state index contributed by atoms with van der Waals surface area (Å²) < 4.78 is 24.4. The summed E-state index contributed by atoms with van der Waals surface area (Å²) in [5, 5.41) is 0. The number of halogens is 2. The van der Waals surface area contributed by atoms with Crippen LogP contribution in [0, 0.1) is 0 Å². The van der Waals surface area contributed by atoms with Crippen molar-refractivity contribution in [2.24, 2.45) is 5.73 Å². The molecule has 0 bridgehead atoms. The summed E-state index contributed by atoms with van der Waals surface area (Å²) in [7, 11) is 0. The van der Waals surface area contributed by atoms with Crippen molar-refractivity contribution < 1.29 is 8.78 Å². The summed E-state index contributed by atoms with van der Waals surface area (Å²) in [5.41, 5.74) is 5.73. The summed E-state index contributed by atoms with van der Waals surface area (Å²) in [6, 6.07) is 0.429. The molecule has 0 aromatic carbocycles. The maximum atomic E-state index is 12.2. The molecule has 1 aliphatic rings. The average molecular weight is 235 g/mol. The van der Waals surface area contributed by atoms with Crippen LogP contribution in [-0.4, -0.2) is 61.5 Å². The van der Waals surface area contributed by atoms with E-state index in [1.165, 1.54) is 0 Å². The van der Waals surface area contributed by atoms with E-state index >= 15 is 0 Å². The van der Waals surface area contributed by atoms with Gasteiger partial charge in [0, 0.05) is 38.8 Å². The number of alkyl halides is 2. The van der Waals surface area contributed by atoms with Gasteiger partial charge >= 0.3 is 0 Å². The summed E-state index contributed by atoms with van der Waals surface area (Å²) >= 11 is 0. The predicted molar refractivity (Wildman–Crippen MR) is 61.8 cm³/mol. The number of hydrogen-bond donors (Lipinski definition) is 1. The molecule has 0 aromatic rings. The zero-order valence-electron chi connectivity index (χ0n) is 10.0. The first-order chi connectivity index (χ1) is 7.67. The number of nitrogens with two attached hydrogens (primary N) is 1. The summed E-state index contributed by atoms with van der Waals surface area (Å²) in [4.78, 5) is 4.17. The van der Waals surface area contributed by atoms with Crippen molar-refractivity contribution in [2.45, 2.75) is 32.2 Å². The summed E-state index contributed by atoms with van der Waals surface area (Å²) in [6.45, 7) is 5.95. The van der Waals surface area contributed by atoms with E-state index in [2.05, 4.69) is 11.8 Å². The first-order valence-electron chi connectivity index (χ1n) is 6.12. The first-order valence-corrected chi connectivity index (χ1v) is 6.12. The number of piperazine rings is 1. The second-order valence-corrected chi connectivity index (χ2v) is 4.41. The molecule has 0 saturated carbocycles. The molecule has 0 radical (unpaired) electrons. The van der Waals surface area contributed by atoms with Gasteiger partial charge in [0.2, 0.25) is 0 Å². The molecule has 0 aliphatic carbocycles. The fourth-order valence-corrected chi connectivity index (χ4v) is 2.29. The quantitative estimate of drug-likeness (QED) is 0.745. The van der Waals surface area contributed by atoms with Gasteiger partial charge in [-0.05, 0) is 6.42 Å². The lowest BCUT2D eigenvalue weighted by Gasteiger charge is -2.38. The van der Waals surface area contributed by atoms with Crippen molar-refractivity contribution >= 4 is 0 Å². The maximum Gasteiger partial charge on any atom is 0.251 e. The van der Waals surface area contributed by atoms with E-state index in [-0.39, 0.29) is 6.54 Å². The molecule has 1 aliphatic heterocycles. The standard InChI is InChI=1S/C11H23F2N3/c1-2-3-10(8-14)16-6-4-15(5-7-16)9-11(12)13/h10-11H,2-9,14H2,1H3. The molecule has 96 valence electrons. The van der Waals surface area contributed by atoms with E-state index in [1.807, 2.05) is 4.90 Å². The monoisotopic (exact) mass is 235 g/mol. The molecule has 2 N–H and O–H groups in total. The highest BCUT2D eigenvalue weighted by Gasteiger charge is 2.23. The van der Waals surface area contributed by atoms with Crippen LogP contribution in [-0.2, 0) is 0 Å². The normalized spacial score (nSPS) is 21.6. The molecule has 1 heterocycles. The van der Waals surface area contributed by atoms with Crippen molar-refractivity contribution in [3.63, 3.8) is 0 Å². The molecule has 1 atom stereocenters. The third-order valence-corrected chi connectivity index (χ3v) is 3.21. The van der Waals surface area contributed by atoms with Gasteiger partial charge in [0.25, 0.3) is 6.43 Å². The molecule has 1 saturated heterocycles. The highest BCUT2D eigenvalue weighted by molar-refractivity contribution is 4.79. The highest BCUT2D eigenvalue weighted by Crippen LogP contribution is 2.11. The summed E-state index contributed by atoms with van der Waals surface area (Å²) in [5.74, 6) is 0. The molecule has 0 amide bonds. The smallest absolute Gasteiger partial charge is 0.251 e. The van der Waals surface area contributed by atoms with Crippen molar-refractivity contribution in [3.05, 3.63) is 0 Å². The molecule has 5 heteroatoms. The molecule has 1 unspecified atom stereocenters. The maximum absolute atomic E-state index is 12.2. The van der Waals surface area contributed by atoms with Crippen molar-refractivity contribution in [3.8, 4) is 0 Å². The molecular formula is C11H23F2N3. The van der Waals surface area contributed by atoms with Crippen LogP contribution in [0.15, 0.2) is 0 Å². The zero-order valence-corrected chi connectivity index (χ0v) is 10.0. The minimum Gasteiger partial charge on any atom is -0.329 e. The Morgan fingerprint density at radius 1 is 1.19 bits per heavy atom. The molecule has 1 rings (SSSR count). The van der Waals surface area contributed by atoms with Gasteiger partial charge in [-0.25, -0.2) is 8.78 Å². The van der Waals surface area contributed by atoms with E-state index < -0.39 is 6.43 Å². The van der Waals surface area contributed by atoms with Crippen LogP contribution in [0.3, 0.4) is 0 Å². The van der Waals surface area contributed by atoms with Gasteiger partial charge < -0.3 is 5.73 Å². The lowest BCUT2D eigenvalue weighted by Crippen LogP contribution is -2.53. The average Bonchev–Trinajstić information content (AvgIpc) is 2.26. The Morgan fingerprint density at radius 3 is 2.25 bits per heavy atom.